The highest BCUT2D eigenvalue weighted by atomic mass is 16.8. The van der Waals surface area contributed by atoms with Crippen LogP contribution in [0.2, 0.25) is 0 Å². The summed E-state index contributed by atoms with van der Waals surface area (Å²) in [5.41, 5.74) is -0.0231. The number of esters is 1. The van der Waals surface area contributed by atoms with Gasteiger partial charge >= 0.3 is 5.97 Å². The topological polar surface area (TPSA) is 185 Å². The Hall–Kier alpha value is -3.11. The fourth-order valence-electron chi connectivity index (χ4n) is 7.92. The summed E-state index contributed by atoms with van der Waals surface area (Å²) < 4.78 is 25.2. The highest BCUT2D eigenvalue weighted by molar-refractivity contribution is 5.96. The maximum Gasteiger partial charge on any atom is 0.327 e. The monoisotopic (exact) mass is 717 g/mol. The van der Waals surface area contributed by atoms with Crippen molar-refractivity contribution in [2.75, 3.05) is 26.4 Å². The molecule has 4 aliphatic rings. The van der Waals surface area contributed by atoms with E-state index in [2.05, 4.69) is 24.5 Å². The summed E-state index contributed by atoms with van der Waals surface area (Å²) in [5.74, 6) is -2.91. The largest absolute Gasteiger partial charge is 0.499 e. The molecule has 14 heteroatoms. The smallest absolute Gasteiger partial charge is 0.327 e. The molecule has 5 rings (SSSR count). The minimum absolute atomic E-state index is 0.0578. The fourth-order valence-corrected chi connectivity index (χ4v) is 7.92. The van der Waals surface area contributed by atoms with Gasteiger partial charge in [-0.2, -0.15) is 5.06 Å². The van der Waals surface area contributed by atoms with Crippen molar-refractivity contribution >= 4 is 23.9 Å². The highest BCUT2D eigenvalue weighted by Gasteiger charge is 2.76. The molecule has 3 saturated heterocycles. The lowest BCUT2D eigenvalue weighted by Gasteiger charge is -2.49. The number of unbranched alkanes of at least 4 members (excludes halogenated alkanes) is 4. The summed E-state index contributed by atoms with van der Waals surface area (Å²) in [5, 5.41) is 35.7. The van der Waals surface area contributed by atoms with Crippen LogP contribution < -0.4 is 10.6 Å². The van der Waals surface area contributed by atoms with E-state index >= 15 is 0 Å². The number of nitrogens with one attached hydrogen (secondary N) is 2. The first-order chi connectivity index (χ1) is 24.6. The van der Waals surface area contributed by atoms with E-state index in [-0.39, 0.29) is 39.3 Å². The lowest BCUT2D eigenvalue weighted by atomic mass is 9.62. The Morgan fingerprint density at radius 1 is 1.06 bits per heavy atom. The summed E-state index contributed by atoms with van der Waals surface area (Å²) >= 11 is 0. The van der Waals surface area contributed by atoms with Crippen molar-refractivity contribution in [3.05, 3.63) is 41.7 Å². The molecule has 1 aliphatic carbocycles. The molecule has 5 N–H and O–H groups in total. The van der Waals surface area contributed by atoms with E-state index in [0.717, 1.165) is 49.7 Å². The molecule has 2 bridgehead atoms. The number of aliphatic hydroxyl groups is 3. The number of benzene rings is 1. The van der Waals surface area contributed by atoms with Crippen LogP contribution in [0, 0.1) is 5.41 Å². The third-order valence-electron chi connectivity index (χ3n) is 10.4. The molecule has 284 valence electrons. The Labute approximate surface area is 299 Å². The predicted octanol–water partition coefficient (Wildman–Crippen LogP) is 2.08. The van der Waals surface area contributed by atoms with E-state index < -0.39 is 71.6 Å². The first kappa shape index (κ1) is 39.1. The van der Waals surface area contributed by atoms with Crippen molar-refractivity contribution in [3.8, 4) is 0 Å². The van der Waals surface area contributed by atoms with Crippen LogP contribution >= 0.6 is 0 Å². The molecule has 0 radical (unpaired) electrons. The summed E-state index contributed by atoms with van der Waals surface area (Å²) in [6.45, 7) is 5.36. The minimum atomic E-state index is -1.56. The highest BCUT2D eigenvalue weighted by Crippen LogP contribution is 2.58. The van der Waals surface area contributed by atoms with Crippen molar-refractivity contribution < 1.29 is 53.5 Å². The van der Waals surface area contributed by atoms with Crippen LogP contribution in [0.4, 0.5) is 0 Å². The van der Waals surface area contributed by atoms with Gasteiger partial charge in [0, 0.05) is 25.8 Å². The number of rotatable bonds is 20. The maximum atomic E-state index is 14.8. The molecule has 51 heavy (non-hydrogen) atoms. The van der Waals surface area contributed by atoms with Crippen molar-refractivity contribution in [2.24, 2.45) is 5.41 Å². The Morgan fingerprint density at radius 3 is 2.43 bits per heavy atom. The van der Waals surface area contributed by atoms with Gasteiger partial charge in [-0.1, -0.05) is 63.8 Å². The molecule has 2 amide bonds. The van der Waals surface area contributed by atoms with Gasteiger partial charge in [-0.25, -0.2) is 0 Å². The van der Waals surface area contributed by atoms with Gasteiger partial charge < -0.3 is 44.9 Å². The molecule has 3 heterocycles. The lowest BCUT2D eigenvalue weighted by Crippen LogP contribution is -2.71. The number of fused-ring (bicyclic) bond motifs is 4. The third kappa shape index (κ3) is 8.27. The van der Waals surface area contributed by atoms with Crippen LogP contribution in [-0.2, 0) is 44.7 Å². The predicted molar refractivity (Wildman–Crippen MR) is 184 cm³/mol. The average molecular weight is 718 g/mol. The number of amides is 2. The minimum Gasteiger partial charge on any atom is -0.499 e. The summed E-state index contributed by atoms with van der Waals surface area (Å²) in [6.07, 6.45) is 5.83. The van der Waals surface area contributed by atoms with Crippen LogP contribution in [0.3, 0.4) is 0 Å². The van der Waals surface area contributed by atoms with Gasteiger partial charge in [0.05, 0.1) is 32.1 Å². The van der Waals surface area contributed by atoms with Crippen molar-refractivity contribution in [3.63, 3.8) is 0 Å². The number of aliphatic hydroxyl groups excluding tert-OH is 3. The Balaban J connectivity index is 1.53. The van der Waals surface area contributed by atoms with Crippen LogP contribution in [0.15, 0.2) is 30.5 Å². The van der Waals surface area contributed by atoms with Gasteiger partial charge in [0.1, 0.15) is 42.5 Å². The van der Waals surface area contributed by atoms with Crippen LogP contribution in [-0.4, -0.2) is 113 Å². The number of carbonyl (C=O) groups excluding carboxylic acids is 3. The lowest BCUT2D eigenvalue weighted by molar-refractivity contribution is -0.224. The molecular formula is C37H55N3O11. The molecule has 1 aromatic carbocycles. The van der Waals surface area contributed by atoms with E-state index in [1.165, 1.54) is 18.2 Å². The fraction of sp³-hybridized carbons (Fsp3) is 0.703. The molecular weight excluding hydrogens is 662 g/mol. The molecule has 8 atom stereocenters. The number of carbonyl (C=O) groups is 3. The van der Waals surface area contributed by atoms with E-state index in [1.807, 2.05) is 24.3 Å². The van der Waals surface area contributed by atoms with Gasteiger partial charge in [-0.3, -0.25) is 19.2 Å². The van der Waals surface area contributed by atoms with E-state index in [1.54, 1.807) is 6.08 Å². The van der Waals surface area contributed by atoms with E-state index in [9.17, 15) is 24.6 Å². The molecule has 8 unspecified atom stereocenters. The number of hydrogen-bond donors (Lipinski definition) is 5. The Bertz CT molecular complexity index is 1360. The first-order valence-electron chi connectivity index (χ1n) is 18.5. The van der Waals surface area contributed by atoms with Gasteiger partial charge in [-0.15, -0.1) is 0 Å². The number of nitrogens with zero attached hydrogens (tertiary/aromatic N) is 1. The average Bonchev–Trinajstić information content (AvgIpc) is 3.67. The van der Waals surface area contributed by atoms with E-state index in [0.29, 0.717) is 12.8 Å². The molecule has 4 fully saturated rings. The molecule has 1 saturated carbocycles. The van der Waals surface area contributed by atoms with Gasteiger partial charge in [0.25, 0.3) is 0 Å². The molecule has 1 aromatic rings. The maximum absolute atomic E-state index is 14.8. The van der Waals surface area contributed by atoms with Gasteiger partial charge in [0.15, 0.2) is 11.8 Å². The van der Waals surface area contributed by atoms with Crippen molar-refractivity contribution in [1.29, 1.82) is 0 Å². The Morgan fingerprint density at radius 2 is 1.76 bits per heavy atom. The van der Waals surface area contributed by atoms with Crippen LogP contribution in [0.1, 0.15) is 89.7 Å². The van der Waals surface area contributed by atoms with Crippen LogP contribution in [0.5, 0.6) is 0 Å². The quantitative estimate of drug-likeness (QED) is 0.0753. The molecule has 3 aliphatic heterocycles. The molecule has 0 spiro atoms. The second-order valence-corrected chi connectivity index (χ2v) is 14.0. The van der Waals surface area contributed by atoms with Crippen LogP contribution in [0.25, 0.3) is 6.08 Å². The normalized spacial score (nSPS) is 29.0. The zero-order valence-electron chi connectivity index (χ0n) is 30.0. The Kier molecular flexibility index (Phi) is 13.5. The number of ether oxygens (including phenoxy) is 4. The third-order valence-corrected chi connectivity index (χ3v) is 10.4. The second-order valence-electron chi connectivity index (χ2n) is 14.0. The standard InChI is InChI=1S/C37H55N3O11/c1-4-6-10-15-36(16-11-7-5-2)49-29-27-22-37(35(46)39-28(24(3)43)33(44)38-17-18-41)31(34(45)48-27)40(51-32(37)30(29)50-36)23-26-13-9-8-12-25(26)14-20-47-21-19-42/h8-9,12-14,20,24,27-32,41-43H,4-7,10-11,15-19,21-23H2,1-3H3,(H,38,44)(H,39,46). The summed E-state index contributed by atoms with van der Waals surface area (Å²) in [4.78, 5) is 48.7. The number of hydroxylamine groups is 2. The number of hydrogen-bond acceptors (Lipinski definition) is 12. The summed E-state index contributed by atoms with van der Waals surface area (Å²) in [7, 11) is 0. The van der Waals surface area contributed by atoms with E-state index in [4.69, 9.17) is 28.9 Å². The van der Waals surface area contributed by atoms with Gasteiger partial charge in [0.2, 0.25) is 11.8 Å². The first-order valence-corrected chi connectivity index (χ1v) is 18.5. The van der Waals surface area contributed by atoms with Crippen molar-refractivity contribution in [1.82, 2.24) is 15.7 Å². The zero-order chi connectivity index (χ0) is 36.6. The zero-order valence-corrected chi connectivity index (χ0v) is 30.0. The second kappa shape index (κ2) is 17.6. The molecule has 14 nitrogen and oxygen atoms in total. The molecule has 0 aromatic heterocycles. The van der Waals surface area contributed by atoms with Gasteiger partial charge in [-0.05, 0) is 37.0 Å². The van der Waals surface area contributed by atoms with Crippen molar-refractivity contribution in [2.45, 2.75) is 133 Å². The summed E-state index contributed by atoms with van der Waals surface area (Å²) in [6, 6.07) is 4.88. The SMILES string of the molecule is CCCCCC1(CCCCC)OC2C3CC4(C(=O)NC(C(=O)NCCO)C(C)O)C(ON(Cc5ccccc5C=COCCO)C4C(=O)O3)C2O1.